The van der Waals surface area contributed by atoms with E-state index in [2.05, 4.69) is 23.9 Å². The summed E-state index contributed by atoms with van der Waals surface area (Å²) < 4.78 is 46.4. The first kappa shape index (κ1) is 38.2. The third kappa shape index (κ3) is 7.46. The fourth-order valence-electron chi connectivity index (χ4n) is 7.34. The molecule has 4 heterocycles. The lowest BCUT2D eigenvalue weighted by Crippen LogP contribution is -2.58. The van der Waals surface area contributed by atoms with Gasteiger partial charge in [-0.15, -0.1) is 11.3 Å². The van der Waals surface area contributed by atoms with Crippen molar-refractivity contribution in [1.29, 1.82) is 0 Å². The number of allylic oxidation sites excluding steroid dienone is 1. The molecule has 4 aliphatic rings. The van der Waals surface area contributed by atoms with Crippen LogP contribution in [0.2, 0.25) is 0 Å². The summed E-state index contributed by atoms with van der Waals surface area (Å²) >= 11 is 1.50. The Hall–Kier alpha value is -4.08. The Bertz CT molecular complexity index is 2110. The molecule has 54 heavy (non-hydrogen) atoms. The predicted molar refractivity (Wildman–Crippen MR) is 205 cm³/mol. The average molecular weight is 780 g/mol. The van der Waals surface area contributed by atoms with E-state index in [1.807, 2.05) is 42.7 Å². The van der Waals surface area contributed by atoms with Crippen LogP contribution in [-0.2, 0) is 29.1 Å². The lowest BCUT2D eigenvalue weighted by atomic mass is 10.1. The number of amides is 3. The second-order valence-electron chi connectivity index (χ2n) is 15.7. The molecule has 2 N–H and O–H groups in total. The number of aryl methyl sites for hydroxylation is 1. The van der Waals surface area contributed by atoms with Gasteiger partial charge >= 0.3 is 0 Å². The van der Waals surface area contributed by atoms with Gasteiger partial charge in [0.15, 0.2) is 0 Å². The molecule has 0 radical (unpaired) electrons. The van der Waals surface area contributed by atoms with Crippen molar-refractivity contribution in [1.82, 2.24) is 24.9 Å². The summed E-state index contributed by atoms with van der Waals surface area (Å²) in [4.78, 5) is 53.7. The number of sulfonamides is 1. The molecule has 2 aliphatic carbocycles. The molecule has 2 aliphatic heterocycles. The standard InChI is InChI=1S/C39H49N5O8S2/c1-22(2)29-21-53-35(41-29)28-18-32(27-14-15-31(50-6)23(3)33(27)40-28)52-25-17-30-34(45)42-39(36(46)43-54(48,49)26-12-13-26)19-24(39)11-9-7-8-10-16-51-38(4,5)37(47)44(30)20-25/h9,11,14-15,18,21-22,24-26,30H,7-8,10,12-13,16-17,19-20H2,1-6H3,(H,42,45)(H,43,46)/b11-9-/t24-,25-,30+,39-/m1/s1. The minimum Gasteiger partial charge on any atom is -0.496 e. The van der Waals surface area contributed by atoms with Crippen LogP contribution in [0.1, 0.15) is 89.8 Å². The summed E-state index contributed by atoms with van der Waals surface area (Å²) in [6.45, 7) is 9.93. The molecule has 13 nitrogen and oxygen atoms in total. The first-order chi connectivity index (χ1) is 25.6. The minimum absolute atomic E-state index is 0.0747. The van der Waals surface area contributed by atoms with E-state index >= 15 is 0 Å². The molecule has 4 atom stereocenters. The van der Waals surface area contributed by atoms with E-state index in [-0.39, 0.29) is 31.2 Å². The van der Waals surface area contributed by atoms with Crippen molar-refractivity contribution in [2.24, 2.45) is 5.92 Å². The van der Waals surface area contributed by atoms with E-state index in [1.54, 1.807) is 21.0 Å². The van der Waals surface area contributed by atoms with Gasteiger partial charge in [0.25, 0.3) is 11.8 Å². The first-order valence-corrected chi connectivity index (χ1v) is 21.2. The van der Waals surface area contributed by atoms with Crippen LogP contribution >= 0.6 is 11.3 Å². The highest BCUT2D eigenvalue weighted by atomic mass is 32.2. The maximum Gasteiger partial charge on any atom is 0.259 e. The number of thiazole rings is 1. The molecule has 1 aromatic carbocycles. The highest BCUT2D eigenvalue weighted by Gasteiger charge is 2.62. The summed E-state index contributed by atoms with van der Waals surface area (Å²) in [6.07, 6.45) is 6.80. The number of pyridine rings is 1. The fraction of sp³-hybridized carbons (Fsp3) is 0.564. The van der Waals surface area contributed by atoms with Gasteiger partial charge in [0.2, 0.25) is 15.9 Å². The zero-order valence-corrected chi connectivity index (χ0v) is 33.3. The van der Waals surface area contributed by atoms with E-state index in [1.165, 1.54) is 16.2 Å². The number of benzene rings is 1. The van der Waals surface area contributed by atoms with Crippen LogP contribution in [0, 0.1) is 12.8 Å². The zero-order chi connectivity index (χ0) is 38.6. The largest absolute Gasteiger partial charge is 0.496 e. The van der Waals surface area contributed by atoms with Gasteiger partial charge in [0, 0.05) is 41.3 Å². The second-order valence-corrected chi connectivity index (χ2v) is 18.5. The van der Waals surface area contributed by atoms with E-state index in [0.717, 1.165) is 28.1 Å². The van der Waals surface area contributed by atoms with Crippen LogP contribution in [0.25, 0.3) is 21.6 Å². The predicted octanol–water partition coefficient (Wildman–Crippen LogP) is 5.17. The van der Waals surface area contributed by atoms with Gasteiger partial charge in [0.1, 0.15) is 45.5 Å². The van der Waals surface area contributed by atoms with Gasteiger partial charge in [-0.2, -0.15) is 0 Å². The Balaban J connectivity index is 1.23. The Morgan fingerprint density at radius 2 is 1.93 bits per heavy atom. The topological polar surface area (TPSA) is 166 Å². The molecule has 1 saturated heterocycles. The van der Waals surface area contributed by atoms with Gasteiger partial charge in [-0.1, -0.05) is 26.0 Å². The molecule has 3 amide bonds. The molecule has 2 aromatic heterocycles. The van der Waals surface area contributed by atoms with Crippen molar-refractivity contribution in [2.75, 3.05) is 20.3 Å². The summed E-state index contributed by atoms with van der Waals surface area (Å²) in [5.74, 6) is -0.648. The number of nitrogens with one attached hydrogen (secondary N) is 2. The lowest BCUT2D eigenvalue weighted by Gasteiger charge is -2.33. The third-order valence-corrected chi connectivity index (χ3v) is 13.6. The molecule has 15 heteroatoms. The SMILES string of the molecule is COc1ccc2c(O[C@@H]3C[C@H]4C(=O)N[C@]5(C(=O)NS(=O)(=O)C6CC6)C[C@H]5/C=C\CCCCOC(C)(C)C(=O)N4C3)cc(-c3nc(C(C)C)cs3)nc2c1C. The number of hydrogen-bond acceptors (Lipinski definition) is 11. The van der Waals surface area contributed by atoms with Gasteiger partial charge in [-0.25, -0.2) is 18.4 Å². The maximum atomic E-state index is 14.4. The van der Waals surface area contributed by atoms with Gasteiger partial charge in [0.05, 0.1) is 30.1 Å². The number of aromatic nitrogens is 2. The van der Waals surface area contributed by atoms with Gasteiger partial charge in [-0.3, -0.25) is 19.1 Å². The van der Waals surface area contributed by atoms with Crippen molar-refractivity contribution in [3.63, 3.8) is 0 Å². The molecule has 3 aromatic rings. The van der Waals surface area contributed by atoms with E-state index in [9.17, 15) is 22.8 Å². The monoisotopic (exact) mass is 779 g/mol. The lowest BCUT2D eigenvalue weighted by molar-refractivity contribution is -0.157. The second kappa shape index (κ2) is 14.5. The summed E-state index contributed by atoms with van der Waals surface area (Å²) in [5, 5.41) is 5.82. The van der Waals surface area contributed by atoms with E-state index in [4.69, 9.17) is 24.2 Å². The highest BCUT2D eigenvalue weighted by molar-refractivity contribution is 7.91. The normalized spacial score (nSPS) is 26.6. The highest BCUT2D eigenvalue weighted by Crippen LogP contribution is 2.46. The summed E-state index contributed by atoms with van der Waals surface area (Å²) in [5.41, 5.74) is 0.397. The van der Waals surface area contributed by atoms with Crippen molar-refractivity contribution in [2.45, 2.75) is 114 Å². The molecule has 290 valence electrons. The Labute approximate surface area is 320 Å². The van der Waals surface area contributed by atoms with Crippen LogP contribution in [0.4, 0.5) is 0 Å². The Kier molecular flexibility index (Phi) is 10.3. The van der Waals surface area contributed by atoms with Crippen LogP contribution in [0.5, 0.6) is 11.5 Å². The van der Waals surface area contributed by atoms with E-state index < -0.39 is 56.3 Å². The molecule has 2 saturated carbocycles. The molecule has 3 fully saturated rings. The quantitative estimate of drug-likeness (QED) is 0.292. The van der Waals surface area contributed by atoms with Crippen LogP contribution in [0.3, 0.4) is 0 Å². The fourth-order valence-corrected chi connectivity index (χ4v) is 9.64. The third-order valence-electron chi connectivity index (χ3n) is 10.9. The summed E-state index contributed by atoms with van der Waals surface area (Å²) in [7, 11) is -2.25. The van der Waals surface area contributed by atoms with Gasteiger partial charge < -0.3 is 24.4 Å². The van der Waals surface area contributed by atoms with Crippen molar-refractivity contribution in [3.8, 4) is 22.2 Å². The molecule has 0 unspecified atom stereocenters. The maximum absolute atomic E-state index is 14.4. The molecule has 7 rings (SSSR count). The smallest absolute Gasteiger partial charge is 0.259 e. The van der Waals surface area contributed by atoms with Gasteiger partial charge in [-0.05, 0) is 77.3 Å². The van der Waals surface area contributed by atoms with Crippen LogP contribution in [-0.4, -0.2) is 89.8 Å². The molecule has 0 spiro atoms. The van der Waals surface area contributed by atoms with Crippen molar-refractivity contribution >= 4 is 50.0 Å². The number of methoxy groups -OCH3 is 1. The van der Waals surface area contributed by atoms with E-state index in [0.29, 0.717) is 55.0 Å². The van der Waals surface area contributed by atoms with Crippen molar-refractivity contribution < 1.29 is 37.0 Å². The number of carbonyl (C=O) groups is 3. The number of hydrogen-bond donors (Lipinski definition) is 2. The van der Waals surface area contributed by atoms with Crippen molar-refractivity contribution in [3.05, 3.63) is 47.0 Å². The molecular formula is C39H49N5O8S2. The Morgan fingerprint density at radius 3 is 2.63 bits per heavy atom. The number of fused-ring (bicyclic) bond motifs is 3. The minimum atomic E-state index is -3.86. The number of ether oxygens (including phenoxy) is 3. The average Bonchev–Trinajstić information content (AvgIpc) is 4.00. The zero-order valence-electron chi connectivity index (χ0n) is 31.6. The summed E-state index contributed by atoms with van der Waals surface area (Å²) in [6, 6.07) is 4.57. The molecular weight excluding hydrogens is 731 g/mol. The number of carbonyl (C=O) groups excluding carboxylic acids is 3. The molecule has 0 bridgehead atoms. The number of rotatable bonds is 8. The van der Waals surface area contributed by atoms with Crippen LogP contribution < -0.4 is 19.5 Å². The first-order valence-electron chi connectivity index (χ1n) is 18.7. The Morgan fingerprint density at radius 1 is 1.15 bits per heavy atom. The number of nitrogens with zero attached hydrogens (tertiary/aromatic N) is 3. The van der Waals surface area contributed by atoms with Crippen LogP contribution in [0.15, 0.2) is 35.7 Å².